The van der Waals surface area contributed by atoms with Crippen LogP contribution in [0.5, 0.6) is 0 Å². The zero-order valence-electron chi connectivity index (χ0n) is 12.9. The second-order valence-corrected chi connectivity index (χ2v) is 6.59. The molecule has 21 heavy (non-hydrogen) atoms. The Hall–Kier alpha value is -1.07. The molecule has 1 unspecified atom stereocenters. The maximum atomic E-state index is 11.1. The van der Waals surface area contributed by atoms with Gasteiger partial charge in [-0.3, -0.25) is 4.79 Å². The molecule has 0 bridgehead atoms. The Morgan fingerprint density at radius 1 is 1.38 bits per heavy atom. The number of halogens is 1. The Balaban J connectivity index is 2.11. The third-order valence-corrected chi connectivity index (χ3v) is 4.63. The maximum Gasteiger partial charge on any atom is 0.217 e. The van der Waals surface area contributed by atoms with E-state index in [1.165, 1.54) is 11.3 Å². The van der Waals surface area contributed by atoms with Crippen LogP contribution in [0.1, 0.15) is 38.3 Å². The van der Waals surface area contributed by atoms with Crippen LogP contribution in [0.15, 0.2) is 22.7 Å². The standard InChI is InChI=1S/C16H24BrN3O/c1-11(18-3)15-10-13(17)4-5-16(15)20-8-6-14(7-9-20)19-12(2)21/h4-5,10-11,14,18H,6-9H2,1-3H3,(H,19,21). The second-order valence-electron chi connectivity index (χ2n) is 5.68. The lowest BCUT2D eigenvalue weighted by Crippen LogP contribution is -2.44. The summed E-state index contributed by atoms with van der Waals surface area (Å²) in [7, 11) is 1.98. The topological polar surface area (TPSA) is 44.4 Å². The lowest BCUT2D eigenvalue weighted by atomic mass is 10.0. The number of nitrogens with one attached hydrogen (secondary N) is 2. The Morgan fingerprint density at radius 2 is 2.05 bits per heavy atom. The van der Waals surface area contributed by atoms with E-state index in [1.807, 2.05) is 7.05 Å². The highest BCUT2D eigenvalue weighted by atomic mass is 79.9. The van der Waals surface area contributed by atoms with Gasteiger partial charge in [0.1, 0.15) is 0 Å². The summed E-state index contributed by atoms with van der Waals surface area (Å²) in [6, 6.07) is 7.11. The van der Waals surface area contributed by atoms with E-state index in [9.17, 15) is 4.79 Å². The maximum absolute atomic E-state index is 11.1. The highest BCUT2D eigenvalue weighted by Crippen LogP contribution is 2.31. The van der Waals surface area contributed by atoms with Gasteiger partial charge in [0.15, 0.2) is 0 Å². The third kappa shape index (κ3) is 4.20. The molecule has 1 amide bonds. The lowest BCUT2D eigenvalue weighted by molar-refractivity contribution is -0.119. The molecule has 1 fully saturated rings. The van der Waals surface area contributed by atoms with Crippen molar-refractivity contribution in [2.24, 2.45) is 0 Å². The minimum Gasteiger partial charge on any atom is -0.371 e. The van der Waals surface area contributed by atoms with Crippen molar-refractivity contribution in [3.8, 4) is 0 Å². The normalized spacial score (nSPS) is 17.6. The van der Waals surface area contributed by atoms with Crippen molar-refractivity contribution in [1.82, 2.24) is 10.6 Å². The molecule has 0 aromatic heterocycles. The molecule has 116 valence electrons. The van der Waals surface area contributed by atoms with E-state index in [0.717, 1.165) is 30.4 Å². The van der Waals surface area contributed by atoms with Crippen molar-refractivity contribution in [1.29, 1.82) is 0 Å². The molecular weight excluding hydrogens is 330 g/mol. The third-order valence-electron chi connectivity index (χ3n) is 4.13. The molecule has 0 spiro atoms. The number of carbonyl (C=O) groups excluding carboxylic acids is 1. The summed E-state index contributed by atoms with van der Waals surface area (Å²) < 4.78 is 1.11. The summed E-state index contributed by atoms with van der Waals surface area (Å²) in [6.45, 7) is 5.73. The van der Waals surface area contributed by atoms with Crippen LogP contribution in [0.2, 0.25) is 0 Å². The van der Waals surface area contributed by atoms with Gasteiger partial charge in [-0.1, -0.05) is 15.9 Å². The van der Waals surface area contributed by atoms with Crippen LogP contribution in [0.25, 0.3) is 0 Å². The number of piperidine rings is 1. The average Bonchev–Trinajstić information content (AvgIpc) is 2.47. The summed E-state index contributed by atoms with van der Waals surface area (Å²) in [4.78, 5) is 13.6. The van der Waals surface area contributed by atoms with Crippen molar-refractivity contribution in [2.45, 2.75) is 38.8 Å². The first-order chi connectivity index (χ1) is 10.0. The molecule has 1 saturated heterocycles. The fourth-order valence-corrected chi connectivity index (χ4v) is 3.25. The molecule has 4 nitrogen and oxygen atoms in total. The summed E-state index contributed by atoms with van der Waals surface area (Å²) in [6.07, 6.45) is 2.01. The Labute approximate surface area is 135 Å². The highest BCUT2D eigenvalue weighted by Gasteiger charge is 2.22. The number of anilines is 1. The van der Waals surface area contributed by atoms with E-state index in [-0.39, 0.29) is 5.91 Å². The SMILES string of the molecule is CNC(C)c1cc(Br)ccc1N1CCC(NC(C)=O)CC1. The largest absolute Gasteiger partial charge is 0.371 e. The molecule has 1 aromatic rings. The molecule has 5 heteroatoms. The highest BCUT2D eigenvalue weighted by molar-refractivity contribution is 9.10. The van der Waals surface area contributed by atoms with Crippen LogP contribution >= 0.6 is 15.9 Å². The number of carbonyl (C=O) groups is 1. The molecule has 0 aliphatic carbocycles. The van der Waals surface area contributed by atoms with Gasteiger partial charge in [0, 0.05) is 42.3 Å². The molecule has 0 saturated carbocycles. The number of rotatable bonds is 4. The van der Waals surface area contributed by atoms with Crippen LogP contribution in [0, 0.1) is 0 Å². The zero-order chi connectivity index (χ0) is 15.4. The number of hydrogen-bond donors (Lipinski definition) is 2. The zero-order valence-corrected chi connectivity index (χ0v) is 14.5. The molecule has 2 N–H and O–H groups in total. The van der Waals surface area contributed by atoms with Crippen molar-refractivity contribution in [3.63, 3.8) is 0 Å². The lowest BCUT2D eigenvalue weighted by Gasteiger charge is -2.35. The average molecular weight is 354 g/mol. The first-order valence-electron chi connectivity index (χ1n) is 7.50. The van der Waals surface area contributed by atoms with E-state index >= 15 is 0 Å². The number of hydrogen-bond acceptors (Lipinski definition) is 3. The van der Waals surface area contributed by atoms with Gasteiger partial charge in [-0.05, 0) is 50.6 Å². The molecule has 1 aliphatic heterocycles. The fourth-order valence-electron chi connectivity index (χ4n) is 2.87. The minimum absolute atomic E-state index is 0.0709. The Morgan fingerprint density at radius 3 is 2.62 bits per heavy atom. The minimum atomic E-state index is 0.0709. The van der Waals surface area contributed by atoms with Gasteiger partial charge < -0.3 is 15.5 Å². The van der Waals surface area contributed by atoms with Gasteiger partial charge >= 0.3 is 0 Å². The Bertz CT molecular complexity index is 498. The van der Waals surface area contributed by atoms with Gasteiger partial charge in [0.2, 0.25) is 5.91 Å². The van der Waals surface area contributed by atoms with Crippen LogP contribution in [-0.4, -0.2) is 32.1 Å². The van der Waals surface area contributed by atoms with Gasteiger partial charge in [-0.2, -0.15) is 0 Å². The quantitative estimate of drug-likeness (QED) is 0.874. The number of amides is 1. The van der Waals surface area contributed by atoms with Gasteiger partial charge in [0.05, 0.1) is 0 Å². The molecule has 1 aliphatic rings. The van der Waals surface area contributed by atoms with Crippen LogP contribution < -0.4 is 15.5 Å². The molecule has 0 radical (unpaired) electrons. The van der Waals surface area contributed by atoms with Crippen molar-refractivity contribution >= 4 is 27.5 Å². The summed E-state index contributed by atoms with van der Waals surface area (Å²) in [5.41, 5.74) is 2.60. The van der Waals surface area contributed by atoms with E-state index in [0.29, 0.717) is 12.1 Å². The van der Waals surface area contributed by atoms with E-state index < -0.39 is 0 Å². The van der Waals surface area contributed by atoms with Crippen LogP contribution in [0.3, 0.4) is 0 Å². The molecule has 2 rings (SSSR count). The van der Waals surface area contributed by atoms with Gasteiger partial charge in [-0.25, -0.2) is 0 Å². The van der Waals surface area contributed by atoms with E-state index in [4.69, 9.17) is 0 Å². The Kier molecular flexibility index (Phi) is 5.65. The van der Waals surface area contributed by atoms with E-state index in [2.05, 4.69) is 56.6 Å². The first-order valence-corrected chi connectivity index (χ1v) is 8.29. The van der Waals surface area contributed by atoms with E-state index in [1.54, 1.807) is 6.92 Å². The number of benzene rings is 1. The summed E-state index contributed by atoms with van der Waals surface area (Å²) >= 11 is 3.56. The van der Waals surface area contributed by atoms with Gasteiger partial charge in [0.25, 0.3) is 0 Å². The molecule has 1 atom stereocenters. The van der Waals surface area contributed by atoms with Crippen molar-refractivity contribution < 1.29 is 4.79 Å². The summed E-state index contributed by atoms with van der Waals surface area (Å²) in [5.74, 6) is 0.0709. The smallest absolute Gasteiger partial charge is 0.217 e. The monoisotopic (exact) mass is 353 g/mol. The van der Waals surface area contributed by atoms with Crippen molar-refractivity contribution in [3.05, 3.63) is 28.2 Å². The fraction of sp³-hybridized carbons (Fsp3) is 0.562. The predicted molar refractivity (Wildman–Crippen MR) is 90.7 cm³/mol. The molecular formula is C16H24BrN3O. The second kappa shape index (κ2) is 7.27. The van der Waals surface area contributed by atoms with Crippen LogP contribution in [-0.2, 0) is 4.79 Å². The van der Waals surface area contributed by atoms with Crippen LogP contribution in [0.4, 0.5) is 5.69 Å². The summed E-state index contributed by atoms with van der Waals surface area (Å²) in [5, 5.41) is 6.34. The molecule has 1 aromatic carbocycles. The number of nitrogens with zero attached hydrogens (tertiary/aromatic N) is 1. The van der Waals surface area contributed by atoms with Gasteiger partial charge in [-0.15, -0.1) is 0 Å². The van der Waals surface area contributed by atoms with Crippen molar-refractivity contribution in [2.75, 3.05) is 25.0 Å². The molecule has 1 heterocycles. The predicted octanol–water partition coefficient (Wildman–Crippen LogP) is 2.83. The first kappa shape index (κ1) is 16.3.